The topological polar surface area (TPSA) is 63.0 Å². The van der Waals surface area contributed by atoms with Crippen LogP contribution in [0.2, 0.25) is 10.0 Å². The van der Waals surface area contributed by atoms with Gasteiger partial charge in [-0.05, 0) is 31.5 Å². The van der Waals surface area contributed by atoms with Crippen LogP contribution in [0.5, 0.6) is 0 Å². The predicted octanol–water partition coefficient (Wildman–Crippen LogP) is 3.36. The van der Waals surface area contributed by atoms with Gasteiger partial charge in [-0.1, -0.05) is 34.4 Å². The Morgan fingerprint density at radius 3 is 2.63 bits per heavy atom. The van der Waals surface area contributed by atoms with E-state index in [0.717, 1.165) is 48.7 Å². The number of carbonyl (C=O) groups is 1. The maximum Gasteiger partial charge on any atom is 0.266 e. The lowest BCUT2D eigenvalue weighted by molar-refractivity contribution is -0.143. The summed E-state index contributed by atoms with van der Waals surface area (Å²) in [5.74, 6) is 0.00322. The van der Waals surface area contributed by atoms with Gasteiger partial charge in [0.25, 0.3) is 5.91 Å². The number of hydrogen-bond donors (Lipinski definition) is 0. The van der Waals surface area contributed by atoms with Gasteiger partial charge in [-0.3, -0.25) is 14.4 Å². The predicted molar refractivity (Wildman–Crippen MR) is 117 cm³/mol. The van der Waals surface area contributed by atoms with Gasteiger partial charge in [0, 0.05) is 57.4 Å². The van der Waals surface area contributed by atoms with Crippen molar-refractivity contribution >= 4 is 34.8 Å². The monoisotopic (exact) mass is 449 g/mol. The molecule has 1 atom stereocenters. The van der Waals surface area contributed by atoms with Crippen molar-refractivity contribution in [1.82, 2.24) is 19.6 Å². The van der Waals surface area contributed by atoms with Crippen LogP contribution in [0.15, 0.2) is 29.6 Å². The SMILES string of the molecule is CCn1cc(C2=NOC(C(=O)N3CCN(Cc4ccc(Cl)c(Cl)c4)CC3)C2)c(C)n1. The minimum Gasteiger partial charge on any atom is -0.382 e. The maximum absolute atomic E-state index is 12.9. The quantitative estimate of drug-likeness (QED) is 0.701. The van der Waals surface area contributed by atoms with Gasteiger partial charge in [-0.25, -0.2) is 0 Å². The number of halogens is 2. The molecule has 0 saturated carbocycles. The van der Waals surface area contributed by atoms with E-state index in [1.165, 1.54) is 0 Å². The average molecular weight is 450 g/mol. The van der Waals surface area contributed by atoms with Crippen LogP contribution in [0.1, 0.15) is 30.2 Å². The van der Waals surface area contributed by atoms with E-state index in [1.807, 2.05) is 47.8 Å². The molecule has 0 aliphatic carbocycles. The Kier molecular flexibility index (Phi) is 6.32. The molecule has 3 heterocycles. The van der Waals surface area contributed by atoms with Gasteiger partial charge in [0.1, 0.15) is 0 Å². The fourth-order valence-electron chi connectivity index (χ4n) is 3.86. The molecule has 1 aromatic heterocycles. The summed E-state index contributed by atoms with van der Waals surface area (Å²) in [4.78, 5) is 22.6. The molecule has 1 aromatic carbocycles. The molecule has 0 N–H and O–H groups in total. The molecule has 0 spiro atoms. The number of hydrogen-bond acceptors (Lipinski definition) is 5. The number of oxime groups is 1. The highest BCUT2D eigenvalue weighted by atomic mass is 35.5. The number of amides is 1. The van der Waals surface area contributed by atoms with E-state index in [9.17, 15) is 4.79 Å². The summed E-state index contributed by atoms with van der Waals surface area (Å²) < 4.78 is 1.87. The number of benzene rings is 1. The number of piperazine rings is 1. The summed E-state index contributed by atoms with van der Waals surface area (Å²) >= 11 is 12.1. The van der Waals surface area contributed by atoms with Gasteiger partial charge in [0.2, 0.25) is 6.10 Å². The number of nitrogens with zero attached hydrogens (tertiary/aromatic N) is 5. The third-order valence-electron chi connectivity index (χ3n) is 5.60. The van der Waals surface area contributed by atoms with Gasteiger partial charge >= 0.3 is 0 Å². The van der Waals surface area contributed by atoms with Crippen LogP contribution >= 0.6 is 23.2 Å². The minimum atomic E-state index is -0.550. The third-order valence-corrected chi connectivity index (χ3v) is 6.34. The summed E-state index contributed by atoms with van der Waals surface area (Å²) in [6.07, 6.45) is 1.90. The van der Waals surface area contributed by atoms with E-state index in [2.05, 4.69) is 15.2 Å². The Labute approximate surface area is 186 Å². The highest BCUT2D eigenvalue weighted by Crippen LogP contribution is 2.24. The summed E-state index contributed by atoms with van der Waals surface area (Å²) in [6, 6.07) is 5.70. The van der Waals surface area contributed by atoms with Crippen molar-refractivity contribution in [3.05, 3.63) is 51.3 Å². The van der Waals surface area contributed by atoms with E-state index in [-0.39, 0.29) is 5.91 Å². The summed E-state index contributed by atoms with van der Waals surface area (Å²) in [5, 5.41) is 9.76. The van der Waals surface area contributed by atoms with Crippen LogP contribution in [0.3, 0.4) is 0 Å². The molecule has 2 aliphatic heterocycles. The Bertz CT molecular complexity index is 966. The molecular formula is C21H25Cl2N5O2. The molecule has 1 fully saturated rings. The van der Waals surface area contributed by atoms with E-state index in [4.69, 9.17) is 28.0 Å². The van der Waals surface area contributed by atoms with Crippen molar-refractivity contribution in [1.29, 1.82) is 0 Å². The van der Waals surface area contributed by atoms with Crippen LogP contribution in [0, 0.1) is 6.92 Å². The van der Waals surface area contributed by atoms with Crippen molar-refractivity contribution in [2.24, 2.45) is 5.16 Å². The van der Waals surface area contributed by atoms with Crippen molar-refractivity contribution < 1.29 is 9.63 Å². The third kappa shape index (κ3) is 4.48. The van der Waals surface area contributed by atoms with E-state index in [1.54, 1.807) is 0 Å². The van der Waals surface area contributed by atoms with E-state index >= 15 is 0 Å². The Balaban J connectivity index is 1.29. The van der Waals surface area contributed by atoms with Crippen molar-refractivity contribution in [2.75, 3.05) is 26.2 Å². The molecule has 2 aliphatic rings. The second-order valence-electron chi connectivity index (χ2n) is 7.67. The van der Waals surface area contributed by atoms with Crippen LogP contribution in [0.25, 0.3) is 0 Å². The Hall–Kier alpha value is -2.09. The van der Waals surface area contributed by atoms with Crippen LogP contribution < -0.4 is 0 Å². The Morgan fingerprint density at radius 1 is 1.20 bits per heavy atom. The molecule has 7 nitrogen and oxygen atoms in total. The van der Waals surface area contributed by atoms with E-state index < -0.39 is 6.10 Å². The molecule has 0 radical (unpaired) electrons. The smallest absolute Gasteiger partial charge is 0.266 e. The second-order valence-corrected chi connectivity index (χ2v) is 8.48. The number of aryl methyl sites for hydroxylation is 2. The summed E-state index contributed by atoms with van der Waals surface area (Å²) in [6.45, 7) is 8.51. The van der Waals surface area contributed by atoms with E-state index in [0.29, 0.717) is 29.6 Å². The van der Waals surface area contributed by atoms with Crippen molar-refractivity contribution in [3.63, 3.8) is 0 Å². The maximum atomic E-state index is 12.9. The molecular weight excluding hydrogens is 425 g/mol. The number of carbonyl (C=O) groups excluding carboxylic acids is 1. The zero-order valence-corrected chi connectivity index (χ0v) is 18.7. The van der Waals surface area contributed by atoms with Crippen LogP contribution in [-0.4, -0.2) is 63.5 Å². The first-order chi connectivity index (χ1) is 14.4. The van der Waals surface area contributed by atoms with Crippen molar-refractivity contribution in [3.8, 4) is 0 Å². The van der Waals surface area contributed by atoms with Gasteiger partial charge in [-0.2, -0.15) is 5.10 Å². The molecule has 2 aromatic rings. The fourth-order valence-corrected chi connectivity index (χ4v) is 4.18. The molecule has 4 rings (SSSR count). The number of aromatic nitrogens is 2. The lowest BCUT2D eigenvalue weighted by Crippen LogP contribution is -2.51. The largest absolute Gasteiger partial charge is 0.382 e. The first-order valence-corrected chi connectivity index (χ1v) is 10.9. The van der Waals surface area contributed by atoms with Crippen molar-refractivity contribution in [2.45, 2.75) is 39.5 Å². The minimum absolute atomic E-state index is 0.00322. The Morgan fingerprint density at radius 2 is 1.97 bits per heavy atom. The summed E-state index contributed by atoms with van der Waals surface area (Å²) in [5.41, 5.74) is 3.77. The first kappa shape index (κ1) is 21.2. The molecule has 160 valence electrons. The standard InChI is InChI=1S/C21H25Cl2N5O2/c1-3-28-13-16(14(2)24-28)19-11-20(30-25-19)21(29)27-8-6-26(7-9-27)12-15-4-5-17(22)18(23)10-15/h4-5,10,13,20H,3,6-9,11-12H2,1-2H3. The molecule has 0 bridgehead atoms. The number of rotatable bonds is 5. The second kappa shape index (κ2) is 8.96. The van der Waals surface area contributed by atoms with Gasteiger partial charge in [-0.15, -0.1) is 0 Å². The highest BCUT2D eigenvalue weighted by molar-refractivity contribution is 6.42. The molecule has 9 heteroatoms. The molecule has 30 heavy (non-hydrogen) atoms. The average Bonchev–Trinajstić information content (AvgIpc) is 3.37. The lowest BCUT2D eigenvalue weighted by Gasteiger charge is -2.35. The zero-order chi connectivity index (χ0) is 21.3. The molecule has 1 saturated heterocycles. The summed E-state index contributed by atoms with van der Waals surface area (Å²) in [7, 11) is 0. The van der Waals surface area contributed by atoms with Crippen LogP contribution in [0.4, 0.5) is 0 Å². The van der Waals surface area contributed by atoms with Gasteiger partial charge in [0.15, 0.2) is 0 Å². The highest BCUT2D eigenvalue weighted by Gasteiger charge is 2.34. The van der Waals surface area contributed by atoms with Gasteiger partial charge < -0.3 is 9.74 Å². The first-order valence-electron chi connectivity index (χ1n) is 10.2. The van der Waals surface area contributed by atoms with Crippen LogP contribution in [-0.2, 0) is 22.7 Å². The molecule has 1 amide bonds. The fraction of sp³-hybridized carbons (Fsp3) is 0.476. The van der Waals surface area contributed by atoms with Gasteiger partial charge in [0.05, 0.1) is 21.5 Å². The lowest BCUT2D eigenvalue weighted by atomic mass is 10.1. The normalized spacial score (nSPS) is 19.7. The zero-order valence-electron chi connectivity index (χ0n) is 17.1. The molecule has 1 unspecified atom stereocenters.